The molecule has 2 aromatic rings. The minimum absolute atomic E-state index is 0.138. The van der Waals surface area contributed by atoms with Gasteiger partial charge >= 0.3 is 0 Å². The van der Waals surface area contributed by atoms with E-state index in [1.807, 2.05) is 12.1 Å². The van der Waals surface area contributed by atoms with Crippen molar-refractivity contribution in [3.63, 3.8) is 0 Å². The summed E-state index contributed by atoms with van der Waals surface area (Å²) in [6.45, 7) is 1.31. The number of ether oxygens (including phenoxy) is 1. The zero-order valence-electron chi connectivity index (χ0n) is 13.8. The van der Waals surface area contributed by atoms with Crippen molar-refractivity contribution in [1.29, 1.82) is 0 Å². The number of nitrogens with one attached hydrogen (secondary N) is 2. The lowest BCUT2D eigenvalue weighted by atomic mass is 9.98. The van der Waals surface area contributed by atoms with Gasteiger partial charge in [0.05, 0.1) is 11.8 Å². The van der Waals surface area contributed by atoms with Crippen LogP contribution in [0.1, 0.15) is 49.0 Å². The number of hydrogen-bond donors (Lipinski definition) is 2. The molecule has 0 atom stereocenters. The maximum Gasteiger partial charge on any atom is 0.269 e. The van der Waals surface area contributed by atoms with Gasteiger partial charge in [-0.1, -0.05) is 19.3 Å². The summed E-state index contributed by atoms with van der Waals surface area (Å²) in [5, 5.41) is 9.86. The predicted molar refractivity (Wildman–Crippen MR) is 91.6 cm³/mol. The third kappa shape index (κ3) is 4.64. The van der Waals surface area contributed by atoms with Gasteiger partial charge in [-0.25, -0.2) is 0 Å². The molecule has 1 amide bonds. The van der Waals surface area contributed by atoms with Crippen LogP contribution in [0.15, 0.2) is 30.6 Å². The largest absolute Gasteiger partial charge is 0.378 e. The maximum absolute atomic E-state index is 12.1. The van der Waals surface area contributed by atoms with Crippen LogP contribution in [0.4, 0.5) is 0 Å². The summed E-state index contributed by atoms with van der Waals surface area (Å²) < 4.78 is 5.86. The molecule has 0 saturated heterocycles. The van der Waals surface area contributed by atoms with E-state index in [4.69, 9.17) is 4.74 Å². The fraction of sp³-hybridized carbons (Fsp3) is 0.500. The van der Waals surface area contributed by atoms with Gasteiger partial charge in [-0.2, -0.15) is 5.10 Å². The summed E-state index contributed by atoms with van der Waals surface area (Å²) in [5.41, 5.74) is 2.14. The lowest BCUT2D eigenvalue weighted by Crippen LogP contribution is -2.26. The molecule has 128 valence electrons. The Morgan fingerprint density at radius 1 is 1.25 bits per heavy atom. The smallest absolute Gasteiger partial charge is 0.269 e. The van der Waals surface area contributed by atoms with Crippen molar-refractivity contribution in [2.45, 2.75) is 44.6 Å². The minimum atomic E-state index is -0.138. The zero-order chi connectivity index (χ0) is 16.6. The van der Waals surface area contributed by atoms with Gasteiger partial charge in [0.25, 0.3) is 5.91 Å². The van der Waals surface area contributed by atoms with Crippen LogP contribution in [0.25, 0.3) is 11.3 Å². The molecule has 0 radical (unpaired) electrons. The van der Waals surface area contributed by atoms with Crippen molar-refractivity contribution < 1.29 is 9.53 Å². The molecule has 2 aromatic heterocycles. The van der Waals surface area contributed by atoms with Crippen LogP contribution in [0, 0.1) is 0 Å². The van der Waals surface area contributed by atoms with Gasteiger partial charge in [-0.15, -0.1) is 0 Å². The van der Waals surface area contributed by atoms with E-state index in [0.717, 1.165) is 17.7 Å². The Kier molecular flexibility index (Phi) is 5.96. The SMILES string of the molecule is O=C(NCCCOC1CCCCC1)c1cc(-c2ccncc2)n[nH]1. The second-order valence-electron chi connectivity index (χ2n) is 6.14. The molecule has 3 rings (SSSR count). The van der Waals surface area contributed by atoms with E-state index in [1.54, 1.807) is 18.5 Å². The number of amides is 1. The molecule has 1 fully saturated rings. The highest BCUT2D eigenvalue weighted by Gasteiger charge is 2.13. The molecule has 24 heavy (non-hydrogen) atoms. The Balaban J connectivity index is 1.38. The molecule has 2 heterocycles. The van der Waals surface area contributed by atoms with Crippen molar-refractivity contribution >= 4 is 5.91 Å². The molecule has 0 aromatic carbocycles. The van der Waals surface area contributed by atoms with Gasteiger partial charge in [0.2, 0.25) is 0 Å². The molecule has 1 saturated carbocycles. The van der Waals surface area contributed by atoms with Gasteiger partial charge in [0.15, 0.2) is 0 Å². The summed E-state index contributed by atoms with van der Waals surface area (Å²) in [6, 6.07) is 5.48. The summed E-state index contributed by atoms with van der Waals surface area (Å²) in [6.07, 6.45) is 10.9. The summed E-state index contributed by atoms with van der Waals surface area (Å²) >= 11 is 0. The topological polar surface area (TPSA) is 79.9 Å². The number of carbonyl (C=O) groups is 1. The van der Waals surface area contributed by atoms with Crippen LogP contribution in [-0.2, 0) is 4.74 Å². The maximum atomic E-state index is 12.1. The van der Waals surface area contributed by atoms with Gasteiger partial charge in [-0.3, -0.25) is 14.9 Å². The molecular weight excluding hydrogens is 304 g/mol. The van der Waals surface area contributed by atoms with Crippen molar-refractivity contribution in [2.24, 2.45) is 0 Å². The first kappa shape index (κ1) is 16.6. The molecule has 0 aliphatic heterocycles. The highest BCUT2D eigenvalue weighted by molar-refractivity contribution is 5.93. The quantitative estimate of drug-likeness (QED) is 0.766. The molecule has 1 aliphatic rings. The number of aromatic amines is 1. The van der Waals surface area contributed by atoms with Gasteiger partial charge in [0.1, 0.15) is 5.69 Å². The number of H-pyrrole nitrogens is 1. The molecule has 2 N–H and O–H groups in total. The van der Waals surface area contributed by atoms with Gasteiger partial charge in [0, 0.05) is 31.1 Å². The first-order chi connectivity index (χ1) is 11.8. The van der Waals surface area contributed by atoms with Crippen LogP contribution < -0.4 is 5.32 Å². The Bertz CT molecular complexity index is 635. The fourth-order valence-electron chi connectivity index (χ4n) is 2.96. The average molecular weight is 328 g/mol. The summed E-state index contributed by atoms with van der Waals surface area (Å²) in [4.78, 5) is 16.1. The second-order valence-corrected chi connectivity index (χ2v) is 6.14. The van der Waals surface area contributed by atoms with Gasteiger partial charge < -0.3 is 10.1 Å². The Hall–Kier alpha value is -2.21. The van der Waals surface area contributed by atoms with E-state index in [0.29, 0.717) is 24.9 Å². The first-order valence-corrected chi connectivity index (χ1v) is 8.68. The number of pyridine rings is 1. The van der Waals surface area contributed by atoms with Crippen LogP contribution >= 0.6 is 0 Å². The van der Waals surface area contributed by atoms with Crippen LogP contribution in [0.2, 0.25) is 0 Å². The van der Waals surface area contributed by atoms with E-state index in [2.05, 4.69) is 20.5 Å². The third-order valence-corrected chi connectivity index (χ3v) is 4.31. The lowest BCUT2D eigenvalue weighted by Gasteiger charge is -2.21. The number of hydrogen-bond acceptors (Lipinski definition) is 4. The molecule has 6 heteroatoms. The number of carbonyl (C=O) groups excluding carboxylic acids is 1. The third-order valence-electron chi connectivity index (χ3n) is 4.31. The molecular formula is C18H24N4O2. The molecule has 0 spiro atoms. The molecule has 1 aliphatic carbocycles. The van der Waals surface area contributed by atoms with Crippen LogP contribution in [-0.4, -0.2) is 40.3 Å². The minimum Gasteiger partial charge on any atom is -0.378 e. The van der Waals surface area contributed by atoms with Crippen LogP contribution in [0.3, 0.4) is 0 Å². The van der Waals surface area contributed by atoms with Crippen molar-refractivity contribution in [3.05, 3.63) is 36.3 Å². The average Bonchev–Trinajstić information content (AvgIpc) is 3.13. The zero-order valence-corrected chi connectivity index (χ0v) is 13.8. The van der Waals surface area contributed by atoms with E-state index < -0.39 is 0 Å². The lowest BCUT2D eigenvalue weighted by molar-refractivity contribution is 0.0273. The Labute approximate surface area is 142 Å². The number of aromatic nitrogens is 3. The van der Waals surface area contributed by atoms with Crippen molar-refractivity contribution in [2.75, 3.05) is 13.2 Å². The van der Waals surface area contributed by atoms with E-state index >= 15 is 0 Å². The highest BCUT2D eigenvalue weighted by Crippen LogP contribution is 2.20. The normalized spacial score (nSPS) is 15.3. The summed E-state index contributed by atoms with van der Waals surface area (Å²) in [7, 11) is 0. The highest BCUT2D eigenvalue weighted by atomic mass is 16.5. The second kappa shape index (κ2) is 8.59. The van der Waals surface area contributed by atoms with E-state index in [9.17, 15) is 4.79 Å². The predicted octanol–water partition coefficient (Wildman–Crippen LogP) is 2.94. The van der Waals surface area contributed by atoms with Crippen LogP contribution in [0.5, 0.6) is 0 Å². The number of rotatable bonds is 7. The van der Waals surface area contributed by atoms with E-state index in [1.165, 1.54) is 32.1 Å². The first-order valence-electron chi connectivity index (χ1n) is 8.68. The molecule has 6 nitrogen and oxygen atoms in total. The molecule has 0 unspecified atom stereocenters. The Morgan fingerprint density at radius 3 is 2.83 bits per heavy atom. The molecule has 0 bridgehead atoms. The summed E-state index contributed by atoms with van der Waals surface area (Å²) in [5.74, 6) is -0.138. The monoisotopic (exact) mass is 328 g/mol. The van der Waals surface area contributed by atoms with Crippen molar-refractivity contribution in [1.82, 2.24) is 20.5 Å². The fourth-order valence-corrected chi connectivity index (χ4v) is 2.96. The van der Waals surface area contributed by atoms with Gasteiger partial charge in [-0.05, 0) is 37.5 Å². The standard InChI is InChI=1S/C18H24N4O2/c23-18(20-9-4-12-24-15-5-2-1-3-6-15)17-13-16(21-22-17)14-7-10-19-11-8-14/h7-8,10-11,13,15H,1-6,9,12H2,(H,20,23)(H,21,22). The number of nitrogens with zero attached hydrogens (tertiary/aromatic N) is 2. The van der Waals surface area contributed by atoms with Crippen molar-refractivity contribution in [3.8, 4) is 11.3 Å². The van der Waals surface area contributed by atoms with E-state index in [-0.39, 0.29) is 5.91 Å². The Morgan fingerprint density at radius 2 is 2.04 bits per heavy atom.